The number of ether oxygens (including phenoxy) is 3. The number of hydrogen-bond donors (Lipinski definition) is 0. The number of hydrogen-bond acceptors (Lipinski definition) is 7. The van der Waals surface area contributed by atoms with Crippen LogP contribution in [-0.2, 0) is 17.6 Å². The minimum Gasteiger partial charge on any atom is -0.494 e. The van der Waals surface area contributed by atoms with Gasteiger partial charge >= 0.3 is 0 Å². The van der Waals surface area contributed by atoms with Crippen LogP contribution in [0.4, 0.5) is 0 Å². The number of benzene rings is 4. The third kappa shape index (κ3) is 15.9. The zero-order valence-electron chi connectivity index (χ0n) is 39.9. The van der Waals surface area contributed by atoms with Crippen molar-refractivity contribution in [3.8, 4) is 34.0 Å². The smallest absolute Gasteiger partial charge is 0.127 e. The molecule has 2 atom stereocenters. The van der Waals surface area contributed by atoms with Crippen LogP contribution in [0.2, 0.25) is 0 Å². The molecule has 0 aliphatic heterocycles. The van der Waals surface area contributed by atoms with Crippen molar-refractivity contribution in [2.24, 2.45) is 0 Å². The van der Waals surface area contributed by atoms with E-state index in [9.17, 15) is 0 Å². The van der Waals surface area contributed by atoms with E-state index in [1.54, 1.807) is 0 Å². The van der Waals surface area contributed by atoms with Gasteiger partial charge in [0.2, 0.25) is 0 Å². The Morgan fingerprint density at radius 2 is 0.738 bits per heavy atom. The molecule has 0 N–H and O–H groups in total. The molecular formula is C58H74N4O3. The lowest BCUT2D eigenvalue weighted by atomic mass is 9.99. The average Bonchev–Trinajstić information content (AvgIpc) is 3.35. The van der Waals surface area contributed by atoms with Crippen LogP contribution in [0, 0.1) is 0 Å². The van der Waals surface area contributed by atoms with Crippen molar-refractivity contribution in [3.05, 3.63) is 155 Å². The summed E-state index contributed by atoms with van der Waals surface area (Å²) < 4.78 is 19.2. The van der Waals surface area contributed by atoms with E-state index in [1.807, 2.05) is 73.3 Å². The molecule has 344 valence electrons. The minimum atomic E-state index is -0.525. The van der Waals surface area contributed by atoms with E-state index in [0.29, 0.717) is 13.2 Å². The van der Waals surface area contributed by atoms with Crippen molar-refractivity contribution in [2.45, 2.75) is 155 Å². The molecule has 0 amide bonds. The number of aryl methyl sites for hydroxylation is 2. The molecule has 0 radical (unpaired) electrons. The summed E-state index contributed by atoms with van der Waals surface area (Å²) in [6, 6.07) is 34.0. The van der Waals surface area contributed by atoms with Gasteiger partial charge in [0.25, 0.3) is 0 Å². The van der Waals surface area contributed by atoms with E-state index in [4.69, 9.17) is 34.1 Å². The van der Waals surface area contributed by atoms with E-state index < -0.39 is 12.2 Å². The van der Waals surface area contributed by atoms with Gasteiger partial charge in [-0.1, -0.05) is 153 Å². The first kappa shape index (κ1) is 49.0. The zero-order chi connectivity index (χ0) is 45.3. The fourth-order valence-corrected chi connectivity index (χ4v) is 8.07. The van der Waals surface area contributed by atoms with E-state index in [1.165, 1.54) is 88.2 Å². The maximum atomic E-state index is 7.32. The van der Waals surface area contributed by atoms with E-state index in [0.717, 1.165) is 95.1 Å². The van der Waals surface area contributed by atoms with Gasteiger partial charge in [0.15, 0.2) is 0 Å². The second kappa shape index (κ2) is 27.8. The summed E-state index contributed by atoms with van der Waals surface area (Å²) in [5, 5.41) is 0. The maximum Gasteiger partial charge on any atom is 0.127 e. The number of rotatable bonds is 30. The van der Waals surface area contributed by atoms with Crippen molar-refractivity contribution in [3.63, 3.8) is 0 Å². The van der Waals surface area contributed by atoms with Crippen molar-refractivity contribution in [2.75, 3.05) is 13.2 Å². The Kier molecular flexibility index (Phi) is 21.0. The Bertz CT molecular complexity index is 2010. The highest BCUT2D eigenvalue weighted by Crippen LogP contribution is 2.36. The highest BCUT2D eigenvalue weighted by Gasteiger charge is 2.26. The van der Waals surface area contributed by atoms with Crippen molar-refractivity contribution >= 4 is 0 Å². The van der Waals surface area contributed by atoms with Crippen LogP contribution in [0.15, 0.2) is 122 Å². The Balaban J connectivity index is 1.29. The van der Waals surface area contributed by atoms with Crippen LogP contribution in [-0.4, -0.2) is 33.1 Å². The van der Waals surface area contributed by atoms with E-state index in [2.05, 4.69) is 76.2 Å². The molecule has 7 nitrogen and oxygen atoms in total. The van der Waals surface area contributed by atoms with Crippen LogP contribution in [0.1, 0.15) is 176 Å². The summed E-state index contributed by atoms with van der Waals surface area (Å²) in [4.78, 5) is 20.0. The number of nitrogens with zero attached hydrogens (tertiary/aromatic N) is 4. The Labute approximate surface area is 390 Å². The summed E-state index contributed by atoms with van der Waals surface area (Å²) in [6.07, 6.45) is 28.2. The van der Waals surface area contributed by atoms with Crippen LogP contribution in [0.5, 0.6) is 11.5 Å². The second-order valence-corrected chi connectivity index (χ2v) is 17.5. The lowest BCUT2D eigenvalue weighted by molar-refractivity contribution is 0.0258. The fraction of sp³-hybridized carbons (Fsp3) is 0.448. The van der Waals surface area contributed by atoms with E-state index >= 15 is 0 Å². The van der Waals surface area contributed by atoms with Gasteiger partial charge in [-0.25, -0.2) is 0 Å². The molecule has 6 rings (SSSR count). The molecule has 7 heteroatoms. The van der Waals surface area contributed by atoms with Crippen LogP contribution in [0.25, 0.3) is 22.5 Å². The summed E-state index contributed by atoms with van der Waals surface area (Å²) in [7, 11) is 0. The lowest BCUT2D eigenvalue weighted by Crippen LogP contribution is -2.16. The molecule has 0 saturated heterocycles. The van der Waals surface area contributed by atoms with E-state index in [-0.39, 0.29) is 0 Å². The monoisotopic (exact) mass is 875 g/mol. The van der Waals surface area contributed by atoms with Crippen LogP contribution in [0.3, 0.4) is 0 Å². The molecule has 65 heavy (non-hydrogen) atoms. The lowest BCUT2D eigenvalue weighted by Gasteiger charge is -2.25. The summed E-state index contributed by atoms with van der Waals surface area (Å²) in [5.41, 5.74) is 9.72. The summed E-state index contributed by atoms with van der Waals surface area (Å²) in [6.45, 7) is 10.3. The number of aromatic nitrogens is 4. The largest absolute Gasteiger partial charge is 0.494 e. The SMILES string of the molecule is CCCCCCCCc1ccc(C(OC(c2ccc(CCCCCCCC)cc2)c2cnc(-c3ccc(OCCCC)cc3)cn2)c2cnc(-c3ccc(OCCCC)cc3)cn2)cc1. The molecule has 0 fully saturated rings. The first-order valence-corrected chi connectivity index (χ1v) is 25.0. The Morgan fingerprint density at radius 3 is 1.09 bits per heavy atom. The van der Waals surface area contributed by atoms with Gasteiger partial charge in [-0.3, -0.25) is 19.9 Å². The first-order valence-electron chi connectivity index (χ1n) is 25.0. The molecule has 0 bridgehead atoms. The molecule has 6 aromatic rings. The van der Waals surface area contributed by atoms with Crippen LogP contribution >= 0.6 is 0 Å². The van der Waals surface area contributed by atoms with Crippen molar-refractivity contribution in [1.82, 2.24) is 19.9 Å². The zero-order valence-corrected chi connectivity index (χ0v) is 39.9. The van der Waals surface area contributed by atoms with Gasteiger partial charge in [0.1, 0.15) is 23.7 Å². The predicted octanol–water partition coefficient (Wildman–Crippen LogP) is 15.7. The third-order valence-corrected chi connectivity index (χ3v) is 12.2. The molecule has 0 aliphatic rings. The molecule has 2 aromatic heterocycles. The molecule has 0 spiro atoms. The first-order chi connectivity index (χ1) is 32.1. The van der Waals surface area contributed by atoms with Gasteiger partial charge in [0.05, 0.1) is 60.8 Å². The summed E-state index contributed by atoms with van der Waals surface area (Å²) >= 11 is 0. The predicted molar refractivity (Wildman–Crippen MR) is 268 cm³/mol. The molecule has 0 saturated carbocycles. The maximum absolute atomic E-state index is 7.32. The molecule has 2 unspecified atom stereocenters. The van der Waals surface area contributed by atoms with Gasteiger partial charge in [-0.2, -0.15) is 0 Å². The molecule has 0 aliphatic carbocycles. The van der Waals surface area contributed by atoms with Gasteiger partial charge in [0, 0.05) is 11.1 Å². The average molecular weight is 875 g/mol. The van der Waals surface area contributed by atoms with Crippen LogP contribution < -0.4 is 9.47 Å². The second-order valence-electron chi connectivity index (χ2n) is 17.5. The quantitative estimate of drug-likeness (QED) is 0.0417. The topological polar surface area (TPSA) is 79.2 Å². The Hall–Kier alpha value is -5.40. The minimum absolute atomic E-state index is 0.525. The fourth-order valence-electron chi connectivity index (χ4n) is 8.07. The van der Waals surface area contributed by atoms with Gasteiger partial charge in [-0.15, -0.1) is 0 Å². The molecule has 4 aromatic carbocycles. The highest BCUT2D eigenvalue weighted by atomic mass is 16.5. The standard InChI is InChI=1S/C58H74N4O3/c1-5-9-13-15-17-19-21-45-23-27-49(28-24-45)57(55-43-59-53(41-61-55)47-31-35-51(36-32-47)63-39-11-7-3)65-58(50-29-25-46(26-30-50)22-20-18-16-14-10-6-2)56-44-60-54(42-62-56)48-33-37-52(38-34-48)64-40-12-8-4/h23-38,41-44,57-58H,5-22,39-40H2,1-4H3. The van der Waals surface area contributed by atoms with Crippen molar-refractivity contribution in [1.29, 1.82) is 0 Å². The number of unbranched alkanes of at least 4 members (excludes halogenated alkanes) is 12. The molecule has 2 heterocycles. The highest BCUT2D eigenvalue weighted by molar-refractivity contribution is 5.60. The Morgan fingerprint density at radius 1 is 0.369 bits per heavy atom. The third-order valence-electron chi connectivity index (χ3n) is 12.2. The normalized spacial score (nSPS) is 12.2. The van der Waals surface area contributed by atoms with Crippen molar-refractivity contribution < 1.29 is 14.2 Å². The molecular weight excluding hydrogens is 801 g/mol. The van der Waals surface area contributed by atoms with Gasteiger partial charge < -0.3 is 14.2 Å². The van der Waals surface area contributed by atoms with Gasteiger partial charge in [-0.05, 0) is 109 Å². The summed E-state index contributed by atoms with van der Waals surface area (Å²) in [5.74, 6) is 1.73.